The van der Waals surface area contributed by atoms with Gasteiger partial charge in [-0.3, -0.25) is 19.3 Å². The molecule has 0 radical (unpaired) electrons. The number of hydrogen-bond donors (Lipinski definition) is 1. The molecule has 0 bridgehead atoms. The lowest BCUT2D eigenvalue weighted by Gasteiger charge is -2.25. The number of pyridine rings is 1. The Balaban J connectivity index is 1.34. The summed E-state index contributed by atoms with van der Waals surface area (Å²) in [4.78, 5) is 45.0. The maximum atomic E-state index is 13.3. The third kappa shape index (κ3) is 4.01. The molecule has 7 nitrogen and oxygen atoms in total. The average molecular weight is 438 g/mol. The number of aromatic nitrogens is 2. The van der Waals surface area contributed by atoms with Crippen LogP contribution < -0.4 is 5.32 Å². The van der Waals surface area contributed by atoms with E-state index in [2.05, 4.69) is 10.3 Å². The summed E-state index contributed by atoms with van der Waals surface area (Å²) in [5.74, 6) is -1.24. The quantitative estimate of drug-likeness (QED) is 0.450. The molecule has 2 aromatic carbocycles. The van der Waals surface area contributed by atoms with Gasteiger partial charge in [0.25, 0.3) is 11.8 Å². The maximum Gasteiger partial charge on any atom is 0.262 e. The van der Waals surface area contributed by atoms with Crippen LogP contribution in [0.2, 0.25) is 0 Å². The molecular weight excluding hydrogens is 416 g/mol. The SMILES string of the molecule is O=C(NCCc1cn2ccccc2n1)[C@@H](Cc1ccccc1)N1C(=O)c2ccccc2C1=O. The highest BCUT2D eigenvalue weighted by Crippen LogP contribution is 2.26. The van der Waals surface area contributed by atoms with Crippen molar-refractivity contribution in [1.29, 1.82) is 0 Å². The molecule has 3 heterocycles. The van der Waals surface area contributed by atoms with E-state index in [1.807, 2.05) is 65.3 Å². The van der Waals surface area contributed by atoms with Crippen LogP contribution in [0.5, 0.6) is 0 Å². The van der Waals surface area contributed by atoms with Crippen LogP contribution in [0.1, 0.15) is 32.0 Å². The molecule has 1 N–H and O–H groups in total. The van der Waals surface area contributed by atoms with E-state index < -0.39 is 17.9 Å². The molecule has 0 unspecified atom stereocenters. The number of rotatable bonds is 7. The summed E-state index contributed by atoms with van der Waals surface area (Å²) in [6.07, 6.45) is 4.62. The Morgan fingerprint density at radius 1 is 0.879 bits per heavy atom. The van der Waals surface area contributed by atoms with E-state index in [-0.39, 0.29) is 12.3 Å². The van der Waals surface area contributed by atoms with Gasteiger partial charge in [-0.25, -0.2) is 4.98 Å². The van der Waals surface area contributed by atoms with Gasteiger partial charge in [0.2, 0.25) is 5.91 Å². The first-order valence-corrected chi connectivity index (χ1v) is 10.8. The number of amides is 3. The van der Waals surface area contributed by atoms with Gasteiger partial charge in [-0.1, -0.05) is 48.5 Å². The standard InChI is InChI=1S/C26H22N4O3/c31-24(27-14-13-19-17-29-15-7-6-12-23(29)28-19)22(16-18-8-2-1-3-9-18)30-25(32)20-10-4-5-11-21(20)26(30)33/h1-12,15,17,22H,13-14,16H2,(H,27,31)/t22-/m1/s1. The second-order valence-corrected chi connectivity index (χ2v) is 7.97. The van der Waals surface area contributed by atoms with E-state index in [0.717, 1.165) is 21.8 Å². The molecule has 164 valence electrons. The van der Waals surface area contributed by atoms with E-state index in [4.69, 9.17) is 0 Å². The van der Waals surface area contributed by atoms with Crippen LogP contribution in [0.15, 0.2) is 85.2 Å². The normalized spacial score (nSPS) is 13.9. The summed E-state index contributed by atoms with van der Waals surface area (Å²) in [6, 6.07) is 20.9. The molecule has 1 atom stereocenters. The minimum absolute atomic E-state index is 0.243. The predicted molar refractivity (Wildman–Crippen MR) is 123 cm³/mol. The van der Waals surface area contributed by atoms with Gasteiger partial charge in [0, 0.05) is 31.8 Å². The van der Waals surface area contributed by atoms with Gasteiger partial charge >= 0.3 is 0 Å². The van der Waals surface area contributed by atoms with Crippen molar-refractivity contribution < 1.29 is 14.4 Å². The molecule has 7 heteroatoms. The molecule has 0 saturated heterocycles. The van der Waals surface area contributed by atoms with Crippen LogP contribution in [-0.2, 0) is 17.6 Å². The Kier molecular flexibility index (Phi) is 5.44. The van der Waals surface area contributed by atoms with Gasteiger partial charge < -0.3 is 9.72 Å². The lowest BCUT2D eigenvalue weighted by Crippen LogP contribution is -2.51. The van der Waals surface area contributed by atoms with E-state index >= 15 is 0 Å². The minimum Gasteiger partial charge on any atom is -0.354 e. The molecule has 0 spiro atoms. The molecule has 5 rings (SSSR count). The van der Waals surface area contributed by atoms with Crippen LogP contribution in [0.25, 0.3) is 5.65 Å². The third-order valence-electron chi connectivity index (χ3n) is 5.81. The van der Waals surface area contributed by atoms with E-state index in [0.29, 0.717) is 24.1 Å². The fourth-order valence-electron chi connectivity index (χ4n) is 4.17. The Morgan fingerprint density at radius 2 is 1.55 bits per heavy atom. The van der Waals surface area contributed by atoms with Crippen molar-refractivity contribution in [2.24, 2.45) is 0 Å². The first-order chi connectivity index (χ1) is 16.1. The number of carbonyl (C=O) groups excluding carboxylic acids is 3. The highest BCUT2D eigenvalue weighted by atomic mass is 16.2. The molecule has 3 amide bonds. The fraction of sp³-hybridized carbons (Fsp3) is 0.154. The number of nitrogens with zero attached hydrogens (tertiary/aromatic N) is 3. The number of fused-ring (bicyclic) bond motifs is 2. The highest BCUT2D eigenvalue weighted by Gasteiger charge is 2.42. The van der Waals surface area contributed by atoms with E-state index in [9.17, 15) is 14.4 Å². The molecular formula is C26H22N4O3. The molecule has 0 aliphatic carbocycles. The lowest BCUT2D eigenvalue weighted by molar-refractivity contribution is -0.125. The Hall–Kier alpha value is -4.26. The van der Waals surface area contributed by atoms with Crippen molar-refractivity contribution >= 4 is 23.4 Å². The minimum atomic E-state index is -0.944. The topological polar surface area (TPSA) is 83.8 Å². The zero-order chi connectivity index (χ0) is 22.8. The van der Waals surface area contributed by atoms with Crippen molar-refractivity contribution in [3.63, 3.8) is 0 Å². The number of benzene rings is 2. The number of hydrogen-bond acceptors (Lipinski definition) is 4. The first-order valence-electron chi connectivity index (χ1n) is 10.8. The largest absolute Gasteiger partial charge is 0.354 e. The van der Waals surface area contributed by atoms with Crippen LogP contribution in [0, 0.1) is 0 Å². The summed E-state index contributed by atoms with van der Waals surface area (Å²) in [6.45, 7) is 0.344. The Labute approximate surface area is 190 Å². The number of imidazole rings is 1. The van der Waals surface area contributed by atoms with Crippen LogP contribution in [0.4, 0.5) is 0 Å². The highest BCUT2D eigenvalue weighted by molar-refractivity contribution is 6.22. The van der Waals surface area contributed by atoms with E-state index in [1.54, 1.807) is 24.3 Å². The van der Waals surface area contributed by atoms with Crippen LogP contribution >= 0.6 is 0 Å². The maximum absolute atomic E-state index is 13.3. The zero-order valence-corrected chi connectivity index (χ0v) is 17.8. The predicted octanol–water partition coefficient (Wildman–Crippen LogP) is 2.90. The number of carbonyl (C=O) groups is 3. The van der Waals surface area contributed by atoms with Crippen LogP contribution in [0.3, 0.4) is 0 Å². The molecule has 1 aliphatic rings. The summed E-state index contributed by atoms with van der Waals surface area (Å²) in [7, 11) is 0. The summed E-state index contributed by atoms with van der Waals surface area (Å²) in [5, 5.41) is 2.91. The Morgan fingerprint density at radius 3 is 2.24 bits per heavy atom. The molecule has 2 aromatic heterocycles. The summed E-state index contributed by atoms with van der Waals surface area (Å²) in [5.41, 5.74) is 3.22. The van der Waals surface area contributed by atoms with Gasteiger partial charge in [0.1, 0.15) is 11.7 Å². The molecule has 33 heavy (non-hydrogen) atoms. The van der Waals surface area contributed by atoms with Gasteiger partial charge in [-0.2, -0.15) is 0 Å². The lowest BCUT2D eigenvalue weighted by atomic mass is 10.0. The third-order valence-corrected chi connectivity index (χ3v) is 5.81. The molecule has 1 aliphatic heterocycles. The van der Waals surface area contributed by atoms with Gasteiger partial charge in [0.05, 0.1) is 16.8 Å². The average Bonchev–Trinajstić information content (AvgIpc) is 3.37. The first kappa shape index (κ1) is 20.6. The summed E-state index contributed by atoms with van der Waals surface area (Å²) >= 11 is 0. The Bertz CT molecular complexity index is 1280. The molecule has 0 fully saturated rings. The number of imide groups is 1. The van der Waals surface area contributed by atoms with Gasteiger partial charge in [0.15, 0.2) is 0 Å². The van der Waals surface area contributed by atoms with Gasteiger partial charge in [-0.05, 0) is 29.8 Å². The summed E-state index contributed by atoms with van der Waals surface area (Å²) < 4.78 is 1.92. The second kappa shape index (κ2) is 8.70. The second-order valence-electron chi connectivity index (χ2n) is 7.97. The zero-order valence-electron chi connectivity index (χ0n) is 17.8. The monoisotopic (exact) mass is 438 g/mol. The van der Waals surface area contributed by atoms with Gasteiger partial charge in [-0.15, -0.1) is 0 Å². The molecule has 4 aromatic rings. The van der Waals surface area contributed by atoms with Crippen molar-refractivity contribution in [3.05, 3.63) is 108 Å². The van der Waals surface area contributed by atoms with E-state index in [1.165, 1.54) is 0 Å². The van der Waals surface area contributed by atoms with Crippen molar-refractivity contribution in [3.8, 4) is 0 Å². The molecule has 0 saturated carbocycles. The fourth-order valence-corrected chi connectivity index (χ4v) is 4.17. The van der Waals surface area contributed by atoms with Crippen molar-refractivity contribution in [2.45, 2.75) is 18.9 Å². The van der Waals surface area contributed by atoms with Crippen molar-refractivity contribution in [1.82, 2.24) is 19.6 Å². The number of nitrogens with one attached hydrogen (secondary N) is 1. The van der Waals surface area contributed by atoms with Crippen LogP contribution in [-0.4, -0.2) is 44.6 Å². The smallest absolute Gasteiger partial charge is 0.262 e. The van der Waals surface area contributed by atoms with Crippen molar-refractivity contribution in [2.75, 3.05) is 6.54 Å².